The maximum atomic E-state index is 9.47. The summed E-state index contributed by atoms with van der Waals surface area (Å²) >= 11 is 0. The van der Waals surface area contributed by atoms with Crippen molar-refractivity contribution < 1.29 is 5.11 Å². The lowest BCUT2D eigenvalue weighted by molar-refractivity contribution is 0.107. The van der Waals surface area contributed by atoms with Crippen LogP contribution in [0, 0.1) is 5.92 Å². The van der Waals surface area contributed by atoms with E-state index in [1.807, 2.05) is 0 Å². The van der Waals surface area contributed by atoms with E-state index in [0.717, 1.165) is 31.3 Å². The molecule has 0 aromatic heterocycles. The Morgan fingerprint density at radius 1 is 1.24 bits per heavy atom. The minimum absolute atomic E-state index is 0.0219. The Morgan fingerprint density at radius 3 is 2.65 bits per heavy atom. The molecule has 3 nitrogen and oxygen atoms in total. The predicted molar refractivity (Wildman–Crippen MR) is 71.1 cm³/mol. The SMILES string of the molecule is CC(CC1CCCN1)NCC1CCC(O)CC1. The first-order valence-corrected chi connectivity index (χ1v) is 7.39. The second-order valence-corrected chi connectivity index (χ2v) is 6.01. The first-order valence-electron chi connectivity index (χ1n) is 7.39. The standard InChI is InChI=1S/C14H28N2O/c1-11(9-13-3-2-8-15-13)16-10-12-4-6-14(17)7-5-12/h11-17H,2-10H2,1H3. The Labute approximate surface area is 105 Å². The zero-order chi connectivity index (χ0) is 12.1. The lowest BCUT2D eigenvalue weighted by Gasteiger charge is -2.27. The van der Waals surface area contributed by atoms with Crippen molar-refractivity contribution in [2.45, 2.75) is 70.1 Å². The van der Waals surface area contributed by atoms with Crippen molar-refractivity contribution in [2.24, 2.45) is 5.92 Å². The summed E-state index contributed by atoms with van der Waals surface area (Å²) in [7, 11) is 0. The number of aliphatic hydroxyl groups excluding tert-OH is 1. The molecule has 0 amide bonds. The van der Waals surface area contributed by atoms with Crippen molar-refractivity contribution in [1.29, 1.82) is 0 Å². The van der Waals surface area contributed by atoms with Crippen LogP contribution in [-0.4, -0.2) is 36.4 Å². The molecule has 2 rings (SSSR count). The van der Waals surface area contributed by atoms with Gasteiger partial charge in [0, 0.05) is 12.1 Å². The van der Waals surface area contributed by atoms with E-state index in [9.17, 15) is 5.11 Å². The van der Waals surface area contributed by atoms with Crippen molar-refractivity contribution in [3.05, 3.63) is 0 Å². The lowest BCUT2D eigenvalue weighted by atomic mass is 9.87. The Balaban J connectivity index is 1.57. The van der Waals surface area contributed by atoms with Gasteiger partial charge in [-0.1, -0.05) is 0 Å². The molecule has 1 aliphatic heterocycles. The molecule has 100 valence electrons. The molecule has 2 atom stereocenters. The van der Waals surface area contributed by atoms with Crippen LogP contribution in [0.2, 0.25) is 0 Å². The molecule has 1 saturated heterocycles. The molecule has 3 heteroatoms. The Hall–Kier alpha value is -0.120. The van der Waals surface area contributed by atoms with Gasteiger partial charge >= 0.3 is 0 Å². The summed E-state index contributed by atoms with van der Waals surface area (Å²) in [5.41, 5.74) is 0. The smallest absolute Gasteiger partial charge is 0.0540 e. The molecule has 0 bridgehead atoms. The van der Waals surface area contributed by atoms with Gasteiger partial charge in [-0.15, -0.1) is 0 Å². The van der Waals surface area contributed by atoms with Gasteiger partial charge in [-0.2, -0.15) is 0 Å². The second-order valence-electron chi connectivity index (χ2n) is 6.01. The highest BCUT2D eigenvalue weighted by molar-refractivity contribution is 4.80. The fraction of sp³-hybridized carbons (Fsp3) is 1.00. The number of nitrogens with one attached hydrogen (secondary N) is 2. The molecule has 17 heavy (non-hydrogen) atoms. The van der Waals surface area contributed by atoms with Crippen LogP contribution in [0.5, 0.6) is 0 Å². The number of aliphatic hydroxyl groups is 1. The normalized spacial score (nSPS) is 36.0. The van der Waals surface area contributed by atoms with E-state index in [1.54, 1.807) is 0 Å². The first-order chi connectivity index (χ1) is 8.24. The van der Waals surface area contributed by atoms with Gasteiger partial charge in [-0.3, -0.25) is 0 Å². The molecule has 1 heterocycles. The van der Waals surface area contributed by atoms with Gasteiger partial charge in [0.25, 0.3) is 0 Å². The van der Waals surface area contributed by atoms with Gasteiger partial charge in [0.05, 0.1) is 6.10 Å². The molecule has 1 aliphatic carbocycles. The molecular weight excluding hydrogens is 212 g/mol. The fourth-order valence-electron chi connectivity index (χ4n) is 3.18. The van der Waals surface area contributed by atoms with E-state index in [2.05, 4.69) is 17.6 Å². The Kier molecular flexibility index (Phi) is 5.26. The predicted octanol–water partition coefficient (Wildman–Crippen LogP) is 1.66. The van der Waals surface area contributed by atoms with E-state index in [1.165, 1.54) is 38.6 Å². The molecule has 2 unspecified atom stereocenters. The van der Waals surface area contributed by atoms with Crippen molar-refractivity contribution in [3.8, 4) is 0 Å². The van der Waals surface area contributed by atoms with Gasteiger partial charge in [-0.05, 0) is 70.9 Å². The topological polar surface area (TPSA) is 44.3 Å². The molecule has 1 saturated carbocycles. The summed E-state index contributed by atoms with van der Waals surface area (Å²) in [6.45, 7) is 4.65. The highest BCUT2D eigenvalue weighted by Crippen LogP contribution is 2.23. The van der Waals surface area contributed by atoms with Crippen LogP contribution in [0.1, 0.15) is 51.9 Å². The quantitative estimate of drug-likeness (QED) is 0.685. The van der Waals surface area contributed by atoms with Gasteiger partial charge < -0.3 is 15.7 Å². The van der Waals surface area contributed by atoms with Crippen LogP contribution in [0.25, 0.3) is 0 Å². The van der Waals surface area contributed by atoms with Gasteiger partial charge in [0.2, 0.25) is 0 Å². The minimum Gasteiger partial charge on any atom is -0.393 e. The van der Waals surface area contributed by atoms with Gasteiger partial charge in [-0.25, -0.2) is 0 Å². The summed E-state index contributed by atoms with van der Waals surface area (Å²) in [6.07, 6.45) is 8.34. The molecule has 0 spiro atoms. The number of hydrogen-bond donors (Lipinski definition) is 3. The molecule has 0 aromatic carbocycles. The van der Waals surface area contributed by atoms with Crippen LogP contribution in [0.4, 0.5) is 0 Å². The van der Waals surface area contributed by atoms with Crippen LogP contribution < -0.4 is 10.6 Å². The lowest BCUT2D eigenvalue weighted by Crippen LogP contribution is -2.37. The summed E-state index contributed by atoms with van der Waals surface area (Å²) in [5.74, 6) is 0.789. The third kappa shape index (κ3) is 4.57. The van der Waals surface area contributed by atoms with Gasteiger partial charge in [0.15, 0.2) is 0 Å². The number of rotatable bonds is 5. The van der Waals surface area contributed by atoms with Crippen LogP contribution in [0.15, 0.2) is 0 Å². The van der Waals surface area contributed by atoms with E-state index >= 15 is 0 Å². The van der Waals surface area contributed by atoms with E-state index in [-0.39, 0.29) is 6.10 Å². The summed E-state index contributed by atoms with van der Waals surface area (Å²) < 4.78 is 0. The Morgan fingerprint density at radius 2 is 2.00 bits per heavy atom. The van der Waals surface area contributed by atoms with Gasteiger partial charge in [0.1, 0.15) is 0 Å². The van der Waals surface area contributed by atoms with E-state index in [4.69, 9.17) is 0 Å². The third-order valence-electron chi connectivity index (χ3n) is 4.37. The van der Waals surface area contributed by atoms with Crippen molar-refractivity contribution >= 4 is 0 Å². The highest BCUT2D eigenvalue weighted by atomic mass is 16.3. The van der Waals surface area contributed by atoms with Crippen LogP contribution >= 0.6 is 0 Å². The monoisotopic (exact) mass is 240 g/mol. The molecule has 2 aliphatic rings. The van der Waals surface area contributed by atoms with Crippen molar-refractivity contribution in [2.75, 3.05) is 13.1 Å². The molecule has 0 aromatic rings. The van der Waals surface area contributed by atoms with E-state index in [0.29, 0.717) is 6.04 Å². The maximum Gasteiger partial charge on any atom is 0.0540 e. The average Bonchev–Trinajstić information content (AvgIpc) is 2.81. The summed E-state index contributed by atoms with van der Waals surface area (Å²) in [4.78, 5) is 0. The van der Waals surface area contributed by atoms with Crippen molar-refractivity contribution in [1.82, 2.24) is 10.6 Å². The molecule has 0 radical (unpaired) electrons. The largest absolute Gasteiger partial charge is 0.393 e. The van der Waals surface area contributed by atoms with Crippen LogP contribution in [-0.2, 0) is 0 Å². The molecule has 2 fully saturated rings. The third-order valence-corrected chi connectivity index (χ3v) is 4.37. The molecular formula is C14H28N2O. The molecule has 3 N–H and O–H groups in total. The summed E-state index contributed by atoms with van der Waals surface area (Å²) in [5, 5.41) is 16.7. The second kappa shape index (κ2) is 6.72. The first kappa shape index (κ1) is 13.3. The maximum absolute atomic E-state index is 9.47. The zero-order valence-electron chi connectivity index (χ0n) is 11.1. The zero-order valence-corrected chi connectivity index (χ0v) is 11.1. The van der Waals surface area contributed by atoms with Crippen LogP contribution in [0.3, 0.4) is 0 Å². The average molecular weight is 240 g/mol. The number of hydrogen-bond acceptors (Lipinski definition) is 3. The fourth-order valence-corrected chi connectivity index (χ4v) is 3.18. The minimum atomic E-state index is -0.0219. The Bertz CT molecular complexity index is 208. The van der Waals surface area contributed by atoms with E-state index < -0.39 is 0 Å². The highest BCUT2D eigenvalue weighted by Gasteiger charge is 2.21. The summed E-state index contributed by atoms with van der Waals surface area (Å²) in [6, 6.07) is 1.36. The van der Waals surface area contributed by atoms with Crippen molar-refractivity contribution in [3.63, 3.8) is 0 Å².